The Morgan fingerprint density at radius 3 is 2.68 bits per heavy atom. The summed E-state index contributed by atoms with van der Waals surface area (Å²) in [5, 5.41) is 2.90. The number of nitrogens with zero attached hydrogens (tertiary/aromatic N) is 1. The fraction of sp³-hybridized carbons (Fsp3) is 0.286. The zero-order valence-corrected chi connectivity index (χ0v) is 11.0. The van der Waals surface area contributed by atoms with Gasteiger partial charge in [-0.3, -0.25) is 14.9 Å². The molecule has 0 aliphatic heterocycles. The molecule has 0 radical (unpaired) electrons. The Bertz CT molecular complexity index is 600. The molecular weight excluding hydrogens is 244 g/mol. The zero-order chi connectivity index (χ0) is 13.8. The van der Waals surface area contributed by atoms with Crippen LogP contribution in [0.15, 0.2) is 28.7 Å². The molecule has 0 bridgehead atoms. The second-order valence-corrected chi connectivity index (χ2v) is 4.10. The topological polar surface area (TPSA) is 62.6 Å². The molecule has 100 valence electrons. The molecule has 1 heterocycles. The smallest absolute Gasteiger partial charge is 0.293 e. The van der Waals surface area contributed by atoms with Gasteiger partial charge in [-0.1, -0.05) is 0 Å². The van der Waals surface area contributed by atoms with Gasteiger partial charge in [0, 0.05) is 30.2 Å². The summed E-state index contributed by atoms with van der Waals surface area (Å²) in [5.74, 6) is -0.394. The van der Waals surface area contributed by atoms with Crippen LogP contribution >= 0.6 is 0 Å². The Morgan fingerprint density at radius 1 is 1.32 bits per heavy atom. The van der Waals surface area contributed by atoms with Crippen LogP contribution in [0.4, 0.5) is 5.69 Å². The molecule has 0 saturated carbocycles. The van der Waals surface area contributed by atoms with Crippen LogP contribution in [0.5, 0.6) is 0 Å². The van der Waals surface area contributed by atoms with Crippen LogP contribution < -0.4 is 10.2 Å². The van der Waals surface area contributed by atoms with Gasteiger partial charge in [0.05, 0.1) is 0 Å². The lowest BCUT2D eigenvalue weighted by atomic mass is 10.2. The average molecular weight is 260 g/mol. The molecule has 0 atom stereocenters. The van der Waals surface area contributed by atoms with Crippen molar-refractivity contribution in [3.05, 3.63) is 30.0 Å². The van der Waals surface area contributed by atoms with Crippen molar-refractivity contribution >= 4 is 29.0 Å². The Labute approximate surface area is 111 Å². The number of anilines is 1. The Balaban J connectivity index is 2.38. The average Bonchev–Trinajstić information content (AvgIpc) is 2.83. The first-order chi connectivity index (χ1) is 9.19. The van der Waals surface area contributed by atoms with E-state index in [1.807, 2.05) is 18.2 Å². The van der Waals surface area contributed by atoms with Gasteiger partial charge in [0.15, 0.2) is 5.76 Å². The molecule has 0 aliphatic rings. The summed E-state index contributed by atoms with van der Waals surface area (Å²) in [4.78, 5) is 23.9. The molecule has 0 unspecified atom stereocenters. The number of benzene rings is 1. The van der Waals surface area contributed by atoms with Gasteiger partial charge in [-0.05, 0) is 32.0 Å². The van der Waals surface area contributed by atoms with Crippen LogP contribution in [0.2, 0.25) is 0 Å². The molecular formula is C14H16N2O3. The monoisotopic (exact) mass is 260 g/mol. The first-order valence-electron chi connectivity index (χ1n) is 6.22. The van der Waals surface area contributed by atoms with Crippen molar-refractivity contribution in [3.8, 4) is 0 Å². The van der Waals surface area contributed by atoms with Gasteiger partial charge in [0.2, 0.25) is 6.41 Å². The second kappa shape index (κ2) is 5.56. The van der Waals surface area contributed by atoms with Crippen molar-refractivity contribution < 1.29 is 14.0 Å². The van der Waals surface area contributed by atoms with Crippen LogP contribution in [-0.2, 0) is 4.79 Å². The van der Waals surface area contributed by atoms with Crippen molar-refractivity contribution in [2.45, 2.75) is 13.8 Å². The van der Waals surface area contributed by atoms with E-state index in [-0.39, 0.29) is 5.76 Å². The van der Waals surface area contributed by atoms with Gasteiger partial charge in [-0.15, -0.1) is 0 Å². The van der Waals surface area contributed by atoms with Gasteiger partial charge in [-0.25, -0.2) is 0 Å². The fourth-order valence-corrected chi connectivity index (χ4v) is 2.04. The highest BCUT2D eigenvalue weighted by molar-refractivity contribution is 6.00. The number of hydrogen-bond acceptors (Lipinski definition) is 4. The number of hydrogen-bond donors (Lipinski definition) is 1. The molecule has 0 aliphatic carbocycles. The zero-order valence-electron chi connectivity index (χ0n) is 11.0. The van der Waals surface area contributed by atoms with Gasteiger partial charge < -0.3 is 9.32 Å². The lowest BCUT2D eigenvalue weighted by Gasteiger charge is -2.20. The predicted octanol–water partition coefficient (Wildman–Crippen LogP) is 2.17. The summed E-state index contributed by atoms with van der Waals surface area (Å²) in [5.41, 5.74) is 1.69. The number of nitrogens with one attached hydrogen (secondary N) is 1. The van der Waals surface area contributed by atoms with Crippen LogP contribution in [0.3, 0.4) is 0 Å². The summed E-state index contributed by atoms with van der Waals surface area (Å²) in [6.45, 7) is 5.97. The van der Waals surface area contributed by atoms with Crippen LogP contribution in [0, 0.1) is 0 Å². The Hall–Kier alpha value is -2.30. The molecule has 19 heavy (non-hydrogen) atoms. The molecule has 1 aromatic carbocycles. The van der Waals surface area contributed by atoms with Crippen molar-refractivity contribution in [3.63, 3.8) is 0 Å². The normalized spacial score (nSPS) is 10.4. The third-order valence-electron chi connectivity index (χ3n) is 3.05. The molecule has 0 fully saturated rings. The summed E-state index contributed by atoms with van der Waals surface area (Å²) >= 11 is 0. The van der Waals surface area contributed by atoms with E-state index in [9.17, 15) is 9.59 Å². The lowest BCUT2D eigenvalue weighted by Crippen LogP contribution is -2.21. The third kappa shape index (κ3) is 2.59. The largest absolute Gasteiger partial charge is 0.451 e. The minimum Gasteiger partial charge on any atom is -0.451 e. The molecule has 2 aromatic rings. The first-order valence-corrected chi connectivity index (χ1v) is 6.22. The molecule has 5 heteroatoms. The number of carbonyl (C=O) groups excluding carboxylic acids is 2. The molecule has 1 N–H and O–H groups in total. The van der Waals surface area contributed by atoms with Crippen molar-refractivity contribution in [1.82, 2.24) is 5.32 Å². The predicted molar refractivity (Wildman–Crippen MR) is 73.3 cm³/mol. The molecule has 0 saturated heterocycles. The van der Waals surface area contributed by atoms with E-state index in [0.717, 1.165) is 24.2 Å². The fourth-order valence-electron chi connectivity index (χ4n) is 2.04. The first kappa shape index (κ1) is 13.1. The van der Waals surface area contributed by atoms with E-state index in [2.05, 4.69) is 24.1 Å². The van der Waals surface area contributed by atoms with Crippen LogP contribution in [0.1, 0.15) is 24.4 Å². The molecule has 5 nitrogen and oxygen atoms in total. The molecule has 0 spiro atoms. The Morgan fingerprint density at radius 2 is 2.05 bits per heavy atom. The van der Waals surface area contributed by atoms with E-state index in [1.54, 1.807) is 6.07 Å². The van der Waals surface area contributed by atoms with Gasteiger partial charge in [0.1, 0.15) is 5.58 Å². The van der Waals surface area contributed by atoms with Crippen molar-refractivity contribution in [1.29, 1.82) is 0 Å². The number of rotatable bonds is 5. The van der Waals surface area contributed by atoms with Gasteiger partial charge in [0.25, 0.3) is 5.91 Å². The summed E-state index contributed by atoms with van der Waals surface area (Å²) in [7, 11) is 0. The summed E-state index contributed by atoms with van der Waals surface area (Å²) < 4.78 is 5.46. The van der Waals surface area contributed by atoms with E-state index >= 15 is 0 Å². The minimum atomic E-state index is -0.532. The highest BCUT2D eigenvalue weighted by Gasteiger charge is 2.12. The number of carbonyl (C=O) groups is 2. The maximum Gasteiger partial charge on any atom is 0.293 e. The lowest BCUT2D eigenvalue weighted by molar-refractivity contribution is -0.108. The highest BCUT2D eigenvalue weighted by atomic mass is 16.3. The van der Waals surface area contributed by atoms with E-state index in [1.165, 1.54) is 0 Å². The minimum absolute atomic E-state index is 0.138. The number of fused-ring (bicyclic) bond motifs is 1. The maximum atomic E-state index is 11.5. The Kier molecular flexibility index (Phi) is 3.85. The van der Waals surface area contributed by atoms with Crippen molar-refractivity contribution in [2.24, 2.45) is 0 Å². The van der Waals surface area contributed by atoms with Crippen molar-refractivity contribution in [2.75, 3.05) is 18.0 Å². The van der Waals surface area contributed by atoms with E-state index in [0.29, 0.717) is 12.0 Å². The SMILES string of the molecule is CCN(CC)c1ccc2cc(C(=O)NC=O)oc2c1. The summed E-state index contributed by atoms with van der Waals surface area (Å²) in [6, 6.07) is 7.43. The van der Waals surface area contributed by atoms with Gasteiger partial charge >= 0.3 is 0 Å². The summed E-state index contributed by atoms with van der Waals surface area (Å²) in [6.07, 6.45) is 0.344. The van der Waals surface area contributed by atoms with Crippen LogP contribution in [0.25, 0.3) is 11.0 Å². The van der Waals surface area contributed by atoms with E-state index in [4.69, 9.17) is 4.42 Å². The number of imide groups is 1. The molecule has 2 amide bonds. The second-order valence-electron chi connectivity index (χ2n) is 4.10. The molecule has 1 aromatic heterocycles. The highest BCUT2D eigenvalue weighted by Crippen LogP contribution is 2.25. The maximum absolute atomic E-state index is 11.5. The number of amides is 2. The van der Waals surface area contributed by atoms with Gasteiger partial charge in [-0.2, -0.15) is 0 Å². The quantitative estimate of drug-likeness (QED) is 0.837. The van der Waals surface area contributed by atoms with E-state index < -0.39 is 5.91 Å². The van der Waals surface area contributed by atoms with Crippen LogP contribution in [-0.4, -0.2) is 25.4 Å². The standard InChI is InChI=1S/C14H16N2O3/c1-3-16(4-2)11-6-5-10-7-13(14(18)15-9-17)19-12(10)8-11/h5-9H,3-4H2,1-2H3,(H,15,17,18). The number of furan rings is 1. The third-order valence-corrected chi connectivity index (χ3v) is 3.05. The molecule has 2 rings (SSSR count).